The summed E-state index contributed by atoms with van der Waals surface area (Å²) in [7, 11) is 0. The van der Waals surface area contributed by atoms with Crippen LogP contribution >= 0.6 is 27.5 Å². The lowest BCUT2D eigenvalue weighted by atomic mass is 10.0. The zero-order valence-corrected chi connectivity index (χ0v) is 12.9. The molecule has 1 aromatic carbocycles. The number of nitrogens with one attached hydrogen (secondary N) is 1. The summed E-state index contributed by atoms with van der Waals surface area (Å²) in [4.78, 5) is 4.36. The Hall–Kier alpha value is -0.880. The van der Waals surface area contributed by atoms with Gasteiger partial charge in [-0.1, -0.05) is 33.6 Å². The lowest BCUT2D eigenvalue weighted by molar-refractivity contribution is 0.523. The Morgan fingerprint density at radius 2 is 2.32 bits per heavy atom. The Kier molecular flexibility index (Phi) is 4.99. The number of rotatable bonds is 5. The molecule has 0 fully saturated rings. The van der Waals surface area contributed by atoms with Crippen LogP contribution in [0.4, 0.5) is 0 Å². The Balaban J connectivity index is 2.25. The molecule has 19 heavy (non-hydrogen) atoms. The first-order valence-corrected chi connectivity index (χ1v) is 7.24. The van der Waals surface area contributed by atoms with E-state index in [4.69, 9.17) is 17.4 Å². The number of nitrogens with two attached hydrogens (primary N) is 1. The topological polar surface area (TPSA) is 55.9 Å². The molecule has 0 aliphatic heterocycles. The lowest BCUT2D eigenvalue weighted by Gasteiger charge is -2.18. The fourth-order valence-electron chi connectivity index (χ4n) is 2.04. The fraction of sp³-hybridized carbons (Fsp3) is 0.308. The van der Waals surface area contributed by atoms with Crippen LogP contribution in [0.1, 0.15) is 24.4 Å². The summed E-state index contributed by atoms with van der Waals surface area (Å²) in [5, 5.41) is 0.687. The molecule has 2 rings (SSSR count). The molecule has 0 saturated heterocycles. The molecule has 0 amide bonds. The van der Waals surface area contributed by atoms with Gasteiger partial charge in [0.1, 0.15) is 5.82 Å². The van der Waals surface area contributed by atoms with Crippen molar-refractivity contribution in [2.45, 2.75) is 25.9 Å². The van der Waals surface area contributed by atoms with E-state index in [1.54, 1.807) is 6.20 Å². The third kappa shape index (κ3) is 3.36. The second-order valence-corrected chi connectivity index (χ2v) is 5.54. The van der Waals surface area contributed by atoms with E-state index in [-0.39, 0.29) is 6.04 Å². The molecule has 1 aromatic heterocycles. The van der Waals surface area contributed by atoms with E-state index in [2.05, 4.69) is 37.8 Å². The summed E-state index contributed by atoms with van der Waals surface area (Å²) in [6.07, 6.45) is 4.46. The van der Waals surface area contributed by atoms with Crippen molar-refractivity contribution in [3.05, 3.63) is 51.5 Å². The number of aryl methyl sites for hydroxylation is 1. The molecule has 6 heteroatoms. The van der Waals surface area contributed by atoms with Gasteiger partial charge in [0.25, 0.3) is 0 Å². The quantitative estimate of drug-likeness (QED) is 0.648. The first kappa shape index (κ1) is 14.5. The van der Waals surface area contributed by atoms with Gasteiger partial charge in [-0.15, -0.1) is 0 Å². The van der Waals surface area contributed by atoms with E-state index < -0.39 is 0 Å². The van der Waals surface area contributed by atoms with E-state index in [1.165, 1.54) is 0 Å². The van der Waals surface area contributed by atoms with Crippen LogP contribution in [-0.2, 0) is 13.0 Å². The minimum absolute atomic E-state index is 0.0618. The minimum atomic E-state index is -0.0618. The molecule has 4 nitrogen and oxygen atoms in total. The molecule has 0 bridgehead atoms. The second-order valence-electron chi connectivity index (χ2n) is 4.22. The third-order valence-corrected chi connectivity index (χ3v) is 3.89. The summed E-state index contributed by atoms with van der Waals surface area (Å²) in [5.74, 6) is 6.65. The van der Waals surface area contributed by atoms with Crippen LogP contribution < -0.4 is 11.3 Å². The molecule has 3 N–H and O–H groups in total. The van der Waals surface area contributed by atoms with E-state index >= 15 is 0 Å². The summed E-state index contributed by atoms with van der Waals surface area (Å²) < 4.78 is 3.05. The number of nitrogens with zero attached hydrogens (tertiary/aromatic N) is 2. The predicted octanol–water partition coefficient (Wildman–Crippen LogP) is 3.07. The molecular weight excluding hydrogens is 328 g/mol. The highest BCUT2D eigenvalue weighted by molar-refractivity contribution is 9.10. The van der Waals surface area contributed by atoms with Gasteiger partial charge in [0.05, 0.1) is 6.04 Å². The van der Waals surface area contributed by atoms with Crippen molar-refractivity contribution in [1.29, 1.82) is 0 Å². The maximum absolute atomic E-state index is 6.26. The molecule has 1 unspecified atom stereocenters. The van der Waals surface area contributed by atoms with E-state index in [1.807, 2.05) is 24.4 Å². The highest BCUT2D eigenvalue weighted by atomic mass is 79.9. The molecule has 1 heterocycles. The second kappa shape index (κ2) is 6.52. The Bertz CT molecular complexity index is 555. The van der Waals surface area contributed by atoms with Crippen molar-refractivity contribution in [1.82, 2.24) is 15.0 Å². The maximum Gasteiger partial charge on any atom is 0.110 e. The van der Waals surface area contributed by atoms with Gasteiger partial charge in [-0.05, 0) is 24.6 Å². The van der Waals surface area contributed by atoms with E-state index in [9.17, 15) is 0 Å². The van der Waals surface area contributed by atoms with Gasteiger partial charge in [0.15, 0.2) is 0 Å². The van der Waals surface area contributed by atoms with Crippen LogP contribution in [0.5, 0.6) is 0 Å². The Morgan fingerprint density at radius 1 is 1.53 bits per heavy atom. The number of benzene rings is 1. The molecule has 0 aliphatic carbocycles. The molecule has 102 valence electrons. The van der Waals surface area contributed by atoms with Crippen molar-refractivity contribution in [3.8, 4) is 0 Å². The molecule has 0 saturated carbocycles. The first-order valence-electron chi connectivity index (χ1n) is 6.06. The van der Waals surface area contributed by atoms with Crippen molar-refractivity contribution in [3.63, 3.8) is 0 Å². The van der Waals surface area contributed by atoms with Gasteiger partial charge in [0.2, 0.25) is 0 Å². The smallest absolute Gasteiger partial charge is 0.110 e. The van der Waals surface area contributed by atoms with Gasteiger partial charge in [-0.3, -0.25) is 11.3 Å². The third-order valence-electron chi connectivity index (χ3n) is 3.07. The summed E-state index contributed by atoms with van der Waals surface area (Å²) in [6.45, 7) is 2.98. The van der Waals surface area contributed by atoms with Crippen LogP contribution in [0.25, 0.3) is 0 Å². The van der Waals surface area contributed by atoms with Gasteiger partial charge in [0, 0.05) is 34.9 Å². The first-order chi connectivity index (χ1) is 9.15. The number of hydrogen-bond acceptors (Lipinski definition) is 3. The number of hydrazine groups is 1. The summed E-state index contributed by atoms with van der Waals surface area (Å²) in [5.41, 5.74) is 3.79. The number of halogens is 2. The predicted molar refractivity (Wildman–Crippen MR) is 80.8 cm³/mol. The Labute approximate surface area is 126 Å². The van der Waals surface area contributed by atoms with E-state index in [0.717, 1.165) is 22.4 Å². The maximum atomic E-state index is 6.26. The molecule has 0 radical (unpaired) electrons. The normalized spacial score (nSPS) is 12.6. The fourth-order valence-corrected chi connectivity index (χ4v) is 2.85. The monoisotopic (exact) mass is 342 g/mol. The van der Waals surface area contributed by atoms with Crippen LogP contribution in [0.2, 0.25) is 5.02 Å². The summed E-state index contributed by atoms with van der Waals surface area (Å²) in [6, 6.07) is 5.73. The van der Waals surface area contributed by atoms with E-state index in [0.29, 0.717) is 11.4 Å². The molecule has 1 atom stereocenters. The van der Waals surface area contributed by atoms with Gasteiger partial charge in [-0.25, -0.2) is 4.98 Å². The standard InChI is InChI=1S/C13H16BrClN4/c1-2-19-6-5-17-13(19)8-12(18-16)10-4-3-9(14)7-11(10)15/h3-7,12,18H,2,8,16H2,1H3. The molecule has 0 aliphatic rings. The molecule has 0 spiro atoms. The minimum Gasteiger partial charge on any atom is -0.335 e. The zero-order chi connectivity index (χ0) is 13.8. The van der Waals surface area contributed by atoms with Crippen LogP contribution in [0, 0.1) is 0 Å². The van der Waals surface area contributed by atoms with Crippen molar-refractivity contribution >= 4 is 27.5 Å². The largest absolute Gasteiger partial charge is 0.335 e. The SMILES string of the molecule is CCn1ccnc1CC(NN)c1ccc(Br)cc1Cl. The lowest BCUT2D eigenvalue weighted by Crippen LogP contribution is -2.30. The number of imidazole rings is 1. The highest BCUT2D eigenvalue weighted by Gasteiger charge is 2.16. The van der Waals surface area contributed by atoms with Crippen LogP contribution in [0.15, 0.2) is 35.1 Å². The zero-order valence-electron chi connectivity index (χ0n) is 10.6. The van der Waals surface area contributed by atoms with Crippen molar-refractivity contribution in [2.75, 3.05) is 0 Å². The Morgan fingerprint density at radius 3 is 2.95 bits per heavy atom. The highest BCUT2D eigenvalue weighted by Crippen LogP contribution is 2.27. The summed E-state index contributed by atoms with van der Waals surface area (Å²) >= 11 is 9.66. The average molecular weight is 344 g/mol. The number of hydrogen-bond donors (Lipinski definition) is 2. The van der Waals surface area contributed by atoms with Gasteiger partial charge in [-0.2, -0.15) is 0 Å². The van der Waals surface area contributed by atoms with Crippen LogP contribution in [-0.4, -0.2) is 9.55 Å². The van der Waals surface area contributed by atoms with Crippen molar-refractivity contribution in [2.24, 2.45) is 5.84 Å². The van der Waals surface area contributed by atoms with Crippen molar-refractivity contribution < 1.29 is 0 Å². The number of aromatic nitrogens is 2. The van der Waals surface area contributed by atoms with Crippen LogP contribution in [0.3, 0.4) is 0 Å². The van der Waals surface area contributed by atoms with Gasteiger partial charge < -0.3 is 4.57 Å². The molecular formula is C13H16BrClN4. The average Bonchev–Trinajstić information content (AvgIpc) is 2.84. The van der Waals surface area contributed by atoms with Gasteiger partial charge >= 0.3 is 0 Å². The molecule has 2 aromatic rings.